The smallest absolute Gasteiger partial charge is 0.418 e. The zero-order valence-corrected chi connectivity index (χ0v) is 36.2. The SMILES string of the molecule is C[C@H](N(Cc1ccc(F)cc1)C(=O)CN1C(=O)O[C@@]2(CCc3cc(NC(=O)CCc4ccc(NC(=O)CCCCCCCCCCCC5CCCC5)cc4)ccc32)C1=O)C(F)(F)F. The lowest BCUT2D eigenvalue weighted by atomic mass is 9.94. The van der Waals surface area contributed by atoms with Gasteiger partial charge in [0.2, 0.25) is 23.3 Å². The fourth-order valence-corrected chi connectivity index (χ4v) is 9.08. The molecule has 1 heterocycles. The van der Waals surface area contributed by atoms with Gasteiger partial charge in [-0.15, -0.1) is 0 Å². The molecule has 3 aromatic carbocycles. The summed E-state index contributed by atoms with van der Waals surface area (Å²) in [6.07, 6.45) is 13.7. The van der Waals surface area contributed by atoms with E-state index in [0.717, 1.165) is 49.8 Å². The molecule has 2 aliphatic carbocycles. The van der Waals surface area contributed by atoms with Crippen LogP contribution in [0.5, 0.6) is 0 Å². The molecule has 2 N–H and O–H groups in total. The highest BCUT2D eigenvalue weighted by molar-refractivity contribution is 6.06. The van der Waals surface area contributed by atoms with Crippen molar-refractivity contribution in [3.8, 4) is 0 Å². The summed E-state index contributed by atoms with van der Waals surface area (Å²) in [5.74, 6) is -1.87. The molecule has 0 unspecified atom stereocenters. The van der Waals surface area contributed by atoms with Gasteiger partial charge in [0.15, 0.2) is 0 Å². The maximum Gasteiger partial charge on any atom is 0.418 e. The standard InChI is InChI=1S/C49H60F4N4O6/c1-34(49(51,52)53)56(32-37-17-22-39(50)23-18-37)45(60)33-57-46(61)48(63-47(57)62)30-29-38-31-41(26-27-42(38)48)55-44(59)28-21-36-19-24-40(25-20-36)54-43(58)16-10-8-6-4-2-3-5-7-9-13-35-14-11-12-15-35/h17-20,22-27,31,34-35H,2-16,21,28-30,32-33H2,1H3,(H,54,58)(H,55,59)/t34-,48+/m0/s1. The van der Waals surface area contributed by atoms with Gasteiger partial charge in [-0.3, -0.25) is 19.2 Å². The molecule has 14 heteroatoms. The van der Waals surface area contributed by atoms with Crippen LogP contribution in [0.1, 0.15) is 138 Å². The van der Waals surface area contributed by atoms with E-state index in [1.54, 1.807) is 18.2 Å². The lowest BCUT2D eigenvalue weighted by Crippen LogP contribution is -2.51. The Kier molecular flexibility index (Phi) is 16.4. The number of benzene rings is 3. The summed E-state index contributed by atoms with van der Waals surface area (Å²) in [5.41, 5.74) is 1.56. The molecule has 340 valence electrons. The number of amides is 5. The number of hydrogen-bond donors (Lipinski definition) is 2. The van der Waals surface area contributed by atoms with Gasteiger partial charge in [0.25, 0.3) is 5.91 Å². The van der Waals surface area contributed by atoms with Crippen LogP contribution in [-0.4, -0.2) is 58.3 Å². The number of anilines is 2. The van der Waals surface area contributed by atoms with Crippen molar-refractivity contribution in [1.82, 2.24) is 9.80 Å². The summed E-state index contributed by atoms with van der Waals surface area (Å²) in [7, 11) is 0. The van der Waals surface area contributed by atoms with E-state index in [1.807, 2.05) is 24.3 Å². The maximum atomic E-state index is 13.8. The third kappa shape index (κ3) is 12.9. The number of alkyl halides is 3. The van der Waals surface area contributed by atoms with E-state index in [4.69, 9.17) is 4.74 Å². The lowest BCUT2D eigenvalue weighted by Gasteiger charge is -2.31. The van der Waals surface area contributed by atoms with Gasteiger partial charge in [-0.1, -0.05) is 114 Å². The zero-order chi connectivity index (χ0) is 45.0. The largest absolute Gasteiger partial charge is 0.427 e. The molecule has 2 fully saturated rings. The Morgan fingerprint density at radius 2 is 1.38 bits per heavy atom. The summed E-state index contributed by atoms with van der Waals surface area (Å²) in [5, 5.41) is 5.82. The van der Waals surface area contributed by atoms with Crippen molar-refractivity contribution in [1.29, 1.82) is 0 Å². The van der Waals surface area contributed by atoms with Crippen molar-refractivity contribution in [3.63, 3.8) is 0 Å². The first-order valence-corrected chi connectivity index (χ1v) is 22.7. The van der Waals surface area contributed by atoms with Gasteiger partial charge in [-0.25, -0.2) is 14.1 Å². The van der Waals surface area contributed by atoms with Crippen LogP contribution in [0.25, 0.3) is 0 Å². The number of fused-ring (bicyclic) bond motifs is 2. The van der Waals surface area contributed by atoms with Crippen molar-refractivity contribution in [2.24, 2.45) is 5.92 Å². The predicted octanol–water partition coefficient (Wildman–Crippen LogP) is 10.9. The molecule has 63 heavy (non-hydrogen) atoms. The van der Waals surface area contributed by atoms with Crippen LogP contribution in [0.3, 0.4) is 0 Å². The third-order valence-electron chi connectivity index (χ3n) is 12.8. The molecule has 3 aromatic rings. The summed E-state index contributed by atoms with van der Waals surface area (Å²) in [6.45, 7) is -0.730. The Bertz CT molecular complexity index is 2050. The number of nitrogens with one attached hydrogen (secondary N) is 2. The molecule has 1 saturated heterocycles. The Morgan fingerprint density at radius 3 is 2.05 bits per heavy atom. The Balaban J connectivity index is 0.905. The normalized spacial score (nSPS) is 17.8. The molecule has 2 atom stereocenters. The first-order chi connectivity index (χ1) is 30.2. The van der Waals surface area contributed by atoms with E-state index in [0.29, 0.717) is 51.6 Å². The summed E-state index contributed by atoms with van der Waals surface area (Å²) in [6, 6.07) is 14.6. The van der Waals surface area contributed by atoms with Gasteiger partial charge < -0.3 is 20.3 Å². The van der Waals surface area contributed by atoms with Gasteiger partial charge >= 0.3 is 12.3 Å². The van der Waals surface area contributed by atoms with E-state index in [2.05, 4.69) is 10.6 Å². The summed E-state index contributed by atoms with van der Waals surface area (Å²) >= 11 is 0. The summed E-state index contributed by atoms with van der Waals surface area (Å²) in [4.78, 5) is 66.6. The quantitative estimate of drug-likeness (QED) is 0.0765. The zero-order valence-electron chi connectivity index (χ0n) is 36.2. The first kappa shape index (κ1) is 47.2. The first-order valence-electron chi connectivity index (χ1n) is 22.7. The molecule has 0 radical (unpaired) electrons. The van der Waals surface area contributed by atoms with Crippen LogP contribution >= 0.6 is 0 Å². The van der Waals surface area contributed by atoms with Crippen LogP contribution in [0, 0.1) is 11.7 Å². The van der Waals surface area contributed by atoms with Crippen LogP contribution in [0.15, 0.2) is 66.7 Å². The van der Waals surface area contributed by atoms with Crippen LogP contribution in [-0.2, 0) is 48.9 Å². The molecule has 0 aromatic heterocycles. The maximum absolute atomic E-state index is 13.8. The number of aryl methyl sites for hydroxylation is 2. The second-order valence-corrected chi connectivity index (χ2v) is 17.5. The number of nitrogens with zero attached hydrogens (tertiary/aromatic N) is 2. The van der Waals surface area contributed by atoms with Crippen molar-refractivity contribution in [2.75, 3.05) is 17.2 Å². The van der Waals surface area contributed by atoms with Crippen molar-refractivity contribution < 1.29 is 46.3 Å². The molecule has 1 saturated carbocycles. The second-order valence-electron chi connectivity index (χ2n) is 17.5. The van der Waals surface area contributed by atoms with E-state index in [9.17, 15) is 41.5 Å². The average molecular weight is 877 g/mol. The topological polar surface area (TPSA) is 125 Å². The van der Waals surface area contributed by atoms with Crippen molar-refractivity contribution in [2.45, 2.75) is 153 Å². The minimum Gasteiger partial charge on any atom is -0.427 e. The van der Waals surface area contributed by atoms with Gasteiger partial charge in [0.1, 0.15) is 18.4 Å². The number of imide groups is 1. The fraction of sp³-hybridized carbons (Fsp3) is 0.531. The monoisotopic (exact) mass is 876 g/mol. The highest BCUT2D eigenvalue weighted by Gasteiger charge is 2.58. The Hall–Kier alpha value is -5.27. The Labute approximate surface area is 367 Å². The van der Waals surface area contributed by atoms with E-state index in [1.165, 1.54) is 82.8 Å². The fourth-order valence-electron chi connectivity index (χ4n) is 9.08. The minimum absolute atomic E-state index is 0.00612. The molecular weight excluding hydrogens is 817 g/mol. The number of carbonyl (C=O) groups excluding carboxylic acids is 5. The number of rotatable bonds is 22. The number of ether oxygens (including phenoxy) is 1. The lowest BCUT2D eigenvalue weighted by molar-refractivity contribution is -0.187. The number of unbranched alkanes of at least 4 members (excludes halogenated alkanes) is 8. The molecule has 3 aliphatic rings. The van der Waals surface area contributed by atoms with Crippen LogP contribution < -0.4 is 10.6 Å². The van der Waals surface area contributed by atoms with E-state index < -0.39 is 54.6 Å². The highest BCUT2D eigenvalue weighted by atomic mass is 19.4. The van der Waals surface area contributed by atoms with Crippen LogP contribution in [0.4, 0.5) is 33.7 Å². The molecule has 10 nitrogen and oxygen atoms in total. The molecular formula is C49H60F4N4O6. The number of hydrogen-bond acceptors (Lipinski definition) is 6. The van der Waals surface area contributed by atoms with Crippen molar-refractivity contribution in [3.05, 3.63) is 94.8 Å². The van der Waals surface area contributed by atoms with Gasteiger partial charge in [0, 0.05) is 42.7 Å². The number of halogens is 4. The van der Waals surface area contributed by atoms with Gasteiger partial charge in [-0.05, 0) is 85.2 Å². The molecule has 5 amide bonds. The second kappa shape index (κ2) is 21.9. The Morgan fingerprint density at radius 1 is 0.794 bits per heavy atom. The van der Waals surface area contributed by atoms with Crippen molar-refractivity contribution >= 4 is 41.1 Å². The van der Waals surface area contributed by atoms with Crippen LogP contribution in [0.2, 0.25) is 0 Å². The van der Waals surface area contributed by atoms with E-state index >= 15 is 0 Å². The third-order valence-corrected chi connectivity index (χ3v) is 12.8. The predicted molar refractivity (Wildman–Crippen MR) is 232 cm³/mol. The number of carbonyl (C=O) groups is 5. The average Bonchev–Trinajstić information content (AvgIpc) is 3.97. The molecule has 1 aliphatic heterocycles. The molecule has 6 rings (SSSR count). The van der Waals surface area contributed by atoms with Gasteiger partial charge in [0.05, 0.1) is 0 Å². The minimum atomic E-state index is -4.82. The molecule has 1 spiro atoms. The van der Waals surface area contributed by atoms with Gasteiger partial charge in [-0.2, -0.15) is 13.2 Å². The molecule has 0 bridgehead atoms. The van der Waals surface area contributed by atoms with E-state index in [-0.39, 0.29) is 30.2 Å². The summed E-state index contributed by atoms with van der Waals surface area (Å²) < 4.78 is 60.5. The highest BCUT2D eigenvalue weighted by Crippen LogP contribution is 2.46.